The summed E-state index contributed by atoms with van der Waals surface area (Å²) in [5, 5.41) is 7.73. The van der Waals surface area contributed by atoms with Crippen LogP contribution in [0.3, 0.4) is 0 Å². The van der Waals surface area contributed by atoms with E-state index in [4.69, 9.17) is 12.6 Å². The van der Waals surface area contributed by atoms with Crippen molar-refractivity contribution in [3.8, 4) is 77.9 Å². The van der Waals surface area contributed by atoms with Crippen molar-refractivity contribution in [2.24, 2.45) is 0 Å². The third kappa shape index (κ3) is 6.87. The highest BCUT2D eigenvalue weighted by atomic mass is 32.1. The molecule has 0 aliphatic carbocycles. The molecule has 0 aliphatic heterocycles. The van der Waals surface area contributed by atoms with Gasteiger partial charge in [-0.05, 0) is 159 Å². The second-order valence-corrected chi connectivity index (χ2v) is 16.7. The van der Waals surface area contributed by atoms with Crippen molar-refractivity contribution >= 4 is 44.9 Å². The van der Waals surface area contributed by atoms with E-state index in [1.807, 2.05) is 0 Å². The van der Waals surface area contributed by atoms with Gasteiger partial charge in [-0.3, -0.25) is 0 Å². The molecule has 0 nitrogen and oxygen atoms in total. The van der Waals surface area contributed by atoms with E-state index in [1.165, 1.54) is 88.0 Å². The average Bonchev–Trinajstić information content (AvgIpc) is 3.35. The van der Waals surface area contributed by atoms with Gasteiger partial charge in [-0.2, -0.15) is 0 Å². The van der Waals surface area contributed by atoms with Gasteiger partial charge in [0, 0.05) is 4.90 Å². The minimum absolute atomic E-state index is 0.972. The fourth-order valence-corrected chi connectivity index (χ4v) is 9.68. The van der Waals surface area contributed by atoms with E-state index in [2.05, 4.69) is 237 Å². The fourth-order valence-electron chi connectivity index (χ4n) is 9.30. The molecule has 11 aromatic carbocycles. The first-order valence-electron chi connectivity index (χ1n) is 21.3. The summed E-state index contributed by atoms with van der Waals surface area (Å²) in [6, 6.07) is 84.1. The number of fused-ring (bicyclic) bond motifs is 6. The quantitative estimate of drug-likeness (QED) is 0.120. The third-order valence-corrected chi connectivity index (χ3v) is 13.0. The van der Waals surface area contributed by atoms with E-state index in [-0.39, 0.29) is 0 Å². The topological polar surface area (TPSA) is 0 Å². The Morgan fingerprint density at radius 3 is 1.19 bits per heavy atom. The molecule has 11 rings (SSSR count). The van der Waals surface area contributed by atoms with Crippen molar-refractivity contribution in [3.63, 3.8) is 0 Å². The molecule has 0 saturated carbocycles. The Hall–Kier alpha value is -7.45. The first-order valence-corrected chi connectivity index (χ1v) is 21.7. The van der Waals surface area contributed by atoms with Crippen LogP contribution >= 0.6 is 12.6 Å². The number of thiol groups is 1. The Labute approximate surface area is 368 Å². The number of hydrogen-bond donors (Lipinski definition) is 1. The number of aryl methyl sites for hydroxylation is 1. The van der Waals surface area contributed by atoms with E-state index < -0.39 is 0 Å². The van der Waals surface area contributed by atoms with Crippen LogP contribution in [0.5, 0.6) is 0 Å². The Balaban J connectivity index is 0.988. The molecule has 0 aromatic heterocycles. The first-order chi connectivity index (χ1) is 30.6. The summed E-state index contributed by atoms with van der Waals surface area (Å²) in [5.41, 5.74) is 17.7. The molecule has 292 valence electrons. The molecule has 1 heteroatoms. The fraction of sp³-hybridized carbons (Fsp3) is 0.0164. The van der Waals surface area contributed by atoms with Gasteiger partial charge in [-0.1, -0.05) is 194 Å². The van der Waals surface area contributed by atoms with Crippen LogP contribution in [0.15, 0.2) is 235 Å². The van der Waals surface area contributed by atoms with Gasteiger partial charge in [0.1, 0.15) is 0 Å². The SMILES string of the molecule is Cc1ccccc1-c1cc(-c2cccc(-c3cccc(-c4ccc5c6ccccc6c6ccccc6c5c4)c3)c2)cc(-c2cccc(-c3ccc(-c4ccccc4)cc3)c2)c1S. The lowest BCUT2D eigenvalue weighted by molar-refractivity contribution is 1.39. The van der Waals surface area contributed by atoms with Crippen LogP contribution in [0.1, 0.15) is 5.56 Å². The second kappa shape index (κ2) is 15.9. The highest BCUT2D eigenvalue weighted by Gasteiger charge is 2.16. The lowest BCUT2D eigenvalue weighted by atomic mass is 9.89. The van der Waals surface area contributed by atoms with Gasteiger partial charge < -0.3 is 0 Å². The van der Waals surface area contributed by atoms with Crippen LogP contribution in [0.4, 0.5) is 0 Å². The Kier molecular flexibility index (Phi) is 9.61. The molecule has 0 radical (unpaired) electrons. The lowest BCUT2D eigenvalue weighted by Gasteiger charge is -2.17. The van der Waals surface area contributed by atoms with Gasteiger partial charge in [-0.15, -0.1) is 12.6 Å². The first kappa shape index (κ1) is 37.5. The summed E-state index contributed by atoms with van der Waals surface area (Å²) in [5.74, 6) is 0. The van der Waals surface area contributed by atoms with Crippen molar-refractivity contribution in [2.75, 3.05) is 0 Å². The third-order valence-electron chi connectivity index (χ3n) is 12.5. The highest BCUT2D eigenvalue weighted by molar-refractivity contribution is 7.80. The maximum Gasteiger partial charge on any atom is 0.0198 e. The molecule has 0 amide bonds. The number of benzene rings is 11. The maximum absolute atomic E-state index is 5.30. The molecule has 0 fully saturated rings. The second-order valence-electron chi connectivity index (χ2n) is 16.3. The van der Waals surface area contributed by atoms with Crippen molar-refractivity contribution in [2.45, 2.75) is 11.8 Å². The van der Waals surface area contributed by atoms with E-state index in [0.29, 0.717) is 0 Å². The van der Waals surface area contributed by atoms with Gasteiger partial charge in [0.25, 0.3) is 0 Å². The van der Waals surface area contributed by atoms with Crippen molar-refractivity contribution in [1.82, 2.24) is 0 Å². The number of hydrogen-bond acceptors (Lipinski definition) is 1. The lowest BCUT2D eigenvalue weighted by Crippen LogP contribution is -1.92. The smallest absolute Gasteiger partial charge is 0.0198 e. The summed E-state index contributed by atoms with van der Waals surface area (Å²) in [7, 11) is 0. The van der Waals surface area contributed by atoms with E-state index in [1.54, 1.807) is 0 Å². The van der Waals surface area contributed by atoms with Crippen molar-refractivity contribution in [1.29, 1.82) is 0 Å². The Morgan fingerprint density at radius 2 is 0.597 bits per heavy atom. The predicted octanol–water partition coefficient (Wildman–Crippen LogP) is 17.4. The zero-order chi connectivity index (χ0) is 41.6. The molecule has 62 heavy (non-hydrogen) atoms. The predicted molar refractivity (Wildman–Crippen MR) is 269 cm³/mol. The van der Waals surface area contributed by atoms with Gasteiger partial charge in [0.2, 0.25) is 0 Å². The summed E-state index contributed by atoms with van der Waals surface area (Å²) in [4.78, 5) is 0.972. The molecular formula is C61H42S. The summed E-state index contributed by atoms with van der Waals surface area (Å²) >= 11 is 5.30. The van der Waals surface area contributed by atoms with Gasteiger partial charge in [0.05, 0.1) is 0 Å². The molecule has 0 spiro atoms. The highest BCUT2D eigenvalue weighted by Crippen LogP contribution is 2.43. The molecule has 0 bridgehead atoms. The van der Waals surface area contributed by atoms with Gasteiger partial charge in [-0.25, -0.2) is 0 Å². The van der Waals surface area contributed by atoms with Crippen LogP contribution in [0, 0.1) is 6.92 Å². The van der Waals surface area contributed by atoms with Gasteiger partial charge in [0.15, 0.2) is 0 Å². The largest absolute Gasteiger partial charge is 0.142 e. The van der Waals surface area contributed by atoms with Crippen LogP contribution < -0.4 is 0 Å². The summed E-state index contributed by atoms with van der Waals surface area (Å²) < 4.78 is 0. The van der Waals surface area contributed by atoms with Crippen LogP contribution in [-0.2, 0) is 0 Å². The summed E-state index contributed by atoms with van der Waals surface area (Å²) in [6.07, 6.45) is 0. The van der Waals surface area contributed by atoms with E-state index >= 15 is 0 Å². The molecular weight excluding hydrogens is 765 g/mol. The maximum atomic E-state index is 5.30. The zero-order valence-electron chi connectivity index (χ0n) is 34.4. The number of rotatable bonds is 7. The Bertz CT molecular complexity index is 3430. The molecule has 11 aromatic rings. The van der Waals surface area contributed by atoms with Crippen molar-refractivity contribution < 1.29 is 0 Å². The minimum atomic E-state index is 0.972. The van der Waals surface area contributed by atoms with E-state index in [9.17, 15) is 0 Å². The minimum Gasteiger partial charge on any atom is -0.142 e. The standard InChI is InChI=1S/C61H42S/c1-40-14-5-6-23-52(40)60-39-51(38-58(61(60)62)50-22-13-17-44(36-50)43-30-28-42(29-31-43)41-15-3-2-4-16-41)48-21-12-19-46(35-48)45-18-11-20-47(34-45)49-32-33-57-55-26-8-7-24-53(55)54-25-9-10-27-56(54)59(57)37-49/h2-39,62H,1H3. The normalized spacial score (nSPS) is 11.4. The monoisotopic (exact) mass is 806 g/mol. The van der Waals surface area contributed by atoms with Crippen LogP contribution in [0.2, 0.25) is 0 Å². The molecule has 0 heterocycles. The Morgan fingerprint density at radius 1 is 0.226 bits per heavy atom. The zero-order valence-corrected chi connectivity index (χ0v) is 35.3. The van der Waals surface area contributed by atoms with Crippen LogP contribution in [-0.4, -0.2) is 0 Å². The van der Waals surface area contributed by atoms with E-state index in [0.717, 1.165) is 32.7 Å². The molecule has 0 N–H and O–H groups in total. The molecule has 0 unspecified atom stereocenters. The summed E-state index contributed by atoms with van der Waals surface area (Å²) in [6.45, 7) is 2.18. The average molecular weight is 807 g/mol. The van der Waals surface area contributed by atoms with Gasteiger partial charge >= 0.3 is 0 Å². The van der Waals surface area contributed by atoms with Crippen molar-refractivity contribution in [3.05, 3.63) is 236 Å². The van der Waals surface area contributed by atoms with Crippen LogP contribution in [0.25, 0.3) is 110 Å². The molecule has 0 atom stereocenters. The molecule has 0 aliphatic rings. The molecule has 0 saturated heterocycles.